The van der Waals surface area contributed by atoms with E-state index in [-0.39, 0.29) is 0 Å². The molecule has 5 heteroatoms. The van der Waals surface area contributed by atoms with Crippen LogP contribution in [0.2, 0.25) is 0 Å². The van der Waals surface area contributed by atoms with Gasteiger partial charge in [-0.2, -0.15) is 0 Å². The molecule has 0 bridgehead atoms. The van der Waals surface area contributed by atoms with E-state index in [9.17, 15) is 14.4 Å². The summed E-state index contributed by atoms with van der Waals surface area (Å²) in [6.07, 6.45) is 0.117. The molecule has 26 heavy (non-hydrogen) atoms. The number of ketones is 1. The number of benzene rings is 2. The summed E-state index contributed by atoms with van der Waals surface area (Å²) in [6.45, 7) is 4.53. The second-order valence-electron chi connectivity index (χ2n) is 6.55. The van der Waals surface area contributed by atoms with Crippen molar-refractivity contribution in [2.24, 2.45) is 5.92 Å². The molecule has 5 nitrogen and oxygen atoms in total. The molecular formula is C21H23NO4. The van der Waals surface area contributed by atoms with Crippen LogP contribution in [0.15, 0.2) is 54.6 Å². The van der Waals surface area contributed by atoms with Gasteiger partial charge >= 0.3 is 5.97 Å². The Morgan fingerprint density at radius 2 is 1.62 bits per heavy atom. The molecule has 0 saturated heterocycles. The average molecular weight is 353 g/mol. The van der Waals surface area contributed by atoms with E-state index in [1.54, 1.807) is 6.07 Å². The Hall–Kier alpha value is -2.95. The van der Waals surface area contributed by atoms with Crippen molar-refractivity contribution in [3.05, 3.63) is 54.6 Å². The van der Waals surface area contributed by atoms with Crippen molar-refractivity contribution in [1.29, 1.82) is 0 Å². The van der Waals surface area contributed by atoms with Gasteiger partial charge in [0.15, 0.2) is 0 Å². The summed E-state index contributed by atoms with van der Waals surface area (Å²) >= 11 is 0. The number of carboxylic acid groups (broad SMARTS) is 1. The summed E-state index contributed by atoms with van der Waals surface area (Å²) < 4.78 is 0. The van der Waals surface area contributed by atoms with Gasteiger partial charge in [0, 0.05) is 12.2 Å². The summed E-state index contributed by atoms with van der Waals surface area (Å²) in [5.41, 5.74) is 2.64. The molecular weight excluding hydrogens is 330 g/mol. The second kappa shape index (κ2) is 8.94. The van der Waals surface area contributed by atoms with Gasteiger partial charge in [0.1, 0.15) is 0 Å². The first-order valence-corrected chi connectivity index (χ1v) is 8.60. The molecule has 0 fully saturated rings. The first kappa shape index (κ1) is 19.4. The van der Waals surface area contributed by atoms with Crippen LogP contribution in [0.5, 0.6) is 0 Å². The third-order valence-electron chi connectivity index (χ3n) is 4.05. The van der Waals surface area contributed by atoms with E-state index < -0.39 is 24.1 Å². The standard InChI is InChI=1S/C21H23NO4/c1-15(2)11-12-22(20(24)14-19(23)21(25)26)18-10-6-9-17(13-18)16-7-4-3-5-8-16/h3-10,13,15H,11-12,14H2,1-2H3,(H,25,26). The molecule has 0 aromatic heterocycles. The highest BCUT2D eigenvalue weighted by atomic mass is 16.4. The third-order valence-corrected chi connectivity index (χ3v) is 4.05. The van der Waals surface area contributed by atoms with Crippen LogP contribution in [0.4, 0.5) is 5.69 Å². The lowest BCUT2D eigenvalue weighted by Crippen LogP contribution is -2.35. The van der Waals surface area contributed by atoms with Gasteiger partial charge in [-0.15, -0.1) is 0 Å². The zero-order valence-corrected chi connectivity index (χ0v) is 15.0. The molecule has 2 aromatic carbocycles. The van der Waals surface area contributed by atoms with Crippen molar-refractivity contribution in [2.75, 3.05) is 11.4 Å². The SMILES string of the molecule is CC(C)CCN(C(=O)CC(=O)C(=O)O)c1cccc(-c2ccccc2)c1. The molecule has 2 aromatic rings. The fourth-order valence-electron chi connectivity index (χ4n) is 2.58. The minimum absolute atomic E-state index is 0.373. The molecule has 0 aliphatic carbocycles. The number of rotatable bonds is 8. The maximum Gasteiger partial charge on any atom is 0.372 e. The highest BCUT2D eigenvalue weighted by molar-refractivity contribution is 6.36. The van der Waals surface area contributed by atoms with Gasteiger partial charge in [0.2, 0.25) is 11.7 Å². The predicted molar refractivity (Wildman–Crippen MR) is 101 cm³/mol. The number of aliphatic carboxylic acids is 1. The summed E-state index contributed by atoms with van der Waals surface area (Å²) in [6, 6.07) is 17.3. The zero-order valence-electron chi connectivity index (χ0n) is 15.0. The van der Waals surface area contributed by atoms with E-state index in [0.29, 0.717) is 18.2 Å². The normalized spacial score (nSPS) is 10.6. The quantitative estimate of drug-likeness (QED) is 0.579. The number of amides is 1. The topological polar surface area (TPSA) is 74.7 Å². The number of anilines is 1. The molecule has 0 saturated carbocycles. The average Bonchev–Trinajstić information content (AvgIpc) is 2.62. The van der Waals surface area contributed by atoms with E-state index in [1.807, 2.05) is 62.4 Å². The lowest BCUT2D eigenvalue weighted by Gasteiger charge is -2.24. The van der Waals surface area contributed by atoms with Crippen LogP contribution in [-0.4, -0.2) is 29.3 Å². The maximum atomic E-state index is 12.6. The first-order valence-electron chi connectivity index (χ1n) is 8.60. The number of hydrogen-bond acceptors (Lipinski definition) is 3. The minimum Gasteiger partial charge on any atom is -0.475 e. The highest BCUT2D eigenvalue weighted by Gasteiger charge is 2.23. The van der Waals surface area contributed by atoms with Gasteiger partial charge in [0.05, 0.1) is 6.42 Å². The Morgan fingerprint density at radius 1 is 0.962 bits per heavy atom. The van der Waals surface area contributed by atoms with Crippen molar-refractivity contribution in [2.45, 2.75) is 26.7 Å². The van der Waals surface area contributed by atoms with Crippen molar-refractivity contribution in [3.63, 3.8) is 0 Å². The predicted octanol–water partition coefficient (Wildman–Crippen LogP) is 3.78. The minimum atomic E-state index is -1.58. The van der Waals surface area contributed by atoms with Crippen molar-refractivity contribution in [3.8, 4) is 11.1 Å². The molecule has 0 aliphatic rings. The first-order chi connectivity index (χ1) is 12.4. The number of carboxylic acids is 1. The van der Waals surface area contributed by atoms with E-state index in [4.69, 9.17) is 5.11 Å². The Bertz CT molecular complexity index is 784. The molecule has 0 spiro atoms. The number of carbonyl (C=O) groups excluding carboxylic acids is 2. The van der Waals surface area contributed by atoms with E-state index in [2.05, 4.69) is 0 Å². The summed E-state index contributed by atoms with van der Waals surface area (Å²) in [5.74, 6) is -2.80. The van der Waals surface area contributed by atoms with Gasteiger partial charge in [-0.3, -0.25) is 9.59 Å². The third kappa shape index (κ3) is 5.28. The van der Waals surface area contributed by atoms with Gasteiger partial charge in [-0.1, -0.05) is 56.3 Å². The van der Waals surface area contributed by atoms with Crippen LogP contribution in [-0.2, 0) is 14.4 Å². The van der Waals surface area contributed by atoms with Gasteiger partial charge < -0.3 is 10.0 Å². The number of carbonyl (C=O) groups is 3. The maximum absolute atomic E-state index is 12.6. The lowest BCUT2D eigenvalue weighted by molar-refractivity contribution is -0.150. The Morgan fingerprint density at radius 3 is 2.23 bits per heavy atom. The molecule has 0 unspecified atom stereocenters. The molecule has 0 atom stereocenters. The van der Waals surface area contributed by atoms with E-state index >= 15 is 0 Å². The van der Waals surface area contributed by atoms with Crippen molar-refractivity contribution in [1.82, 2.24) is 0 Å². The van der Waals surface area contributed by atoms with Crippen LogP contribution in [0.3, 0.4) is 0 Å². The Kier molecular flexibility index (Phi) is 6.67. The second-order valence-corrected chi connectivity index (χ2v) is 6.55. The van der Waals surface area contributed by atoms with Gasteiger partial charge in [0.25, 0.3) is 0 Å². The molecule has 136 valence electrons. The molecule has 1 N–H and O–H groups in total. The number of nitrogens with zero attached hydrogens (tertiary/aromatic N) is 1. The number of hydrogen-bond donors (Lipinski definition) is 1. The molecule has 0 aliphatic heterocycles. The molecule has 0 radical (unpaired) electrons. The Labute approximate surface area is 153 Å². The molecule has 1 amide bonds. The molecule has 0 heterocycles. The summed E-state index contributed by atoms with van der Waals surface area (Å²) in [4.78, 5) is 36.3. The van der Waals surface area contributed by atoms with E-state index in [0.717, 1.165) is 17.5 Å². The zero-order chi connectivity index (χ0) is 19.1. The highest BCUT2D eigenvalue weighted by Crippen LogP contribution is 2.25. The van der Waals surface area contributed by atoms with Crippen LogP contribution < -0.4 is 4.90 Å². The van der Waals surface area contributed by atoms with Crippen LogP contribution in [0, 0.1) is 5.92 Å². The van der Waals surface area contributed by atoms with Crippen molar-refractivity contribution < 1.29 is 19.5 Å². The van der Waals surface area contributed by atoms with Crippen LogP contribution in [0.25, 0.3) is 11.1 Å². The fourth-order valence-corrected chi connectivity index (χ4v) is 2.58. The monoisotopic (exact) mass is 353 g/mol. The Balaban J connectivity index is 2.31. The summed E-state index contributed by atoms with van der Waals surface area (Å²) in [5, 5.41) is 8.77. The van der Waals surface area contributed by atoms with Gasteiger partial charge in [-0.25, -0.2) is 4.79 Å². The summed E-state index contributed by atoms with van der Waals surface area (Å²) in [7, 11) is 0. The van der Waals surface area contributed by atoms with Crippen molar-refractivity contribution >= 4 is 23.3 Å². The smallest absolute Gasteiger partial charge is 0.372 e. The van der Waals surface area contributed by atoms with Crippen LogP contribution in [0.1, 0.15) is 26.7 Å². The molecule has 2 rings (SSSR count). The largest absolute Gasteiger partial charge is 0.475 e. The fraction of sp³-hybridized carbons (Fsp3) is 0.286. The van der Waals surface area contributed by atoms with Crippen LogP contribution >= 0.6 is 0 Å². The number of Topliss-reactive ketones (excluding diaryl/α,β-unsaturated/α-hetero) is 1. The van der Waals surface area contributed by atoms with Gasteiger partial charge in [-0.05, 0) is 35.6 Å². The van der Waals surface area contributed by atoms with E-state index in [1.165, 1.54) is 4.90 Å². The lowest BCUT2D eigenvalue weighted by atomic mass is 10.0.